The summed E-state index contributed by atoms with van der Waals surface area (Å²) in [6.07, 6.45) is 59.0. The molecule has 17 nitrogen and oxygen atoms in total. The smallest absolute Gasteiger partial charge is 0.462 e. The van der Waals surface area contributed by atoms with Crippen molar-refractivity contribution in [3.63, 3.8) is 0 Å². The predicted octanol–water partition coefficient (Wildman–Crippen LogP) is 23.1. The first kappa shape index (κ1) is 95.1. The first-order valence-electron chi connectivity index (χ1n) is 40.5. The number of rotatable bonds is 77. The summed E-state index contributed by atoms with van der Waals surface area (Å²) in [5, 5.41) is 10.6. The van der Waals surface area contributed by atoms with Crippen LogP contribution in [-0.4, -0.2) is 96.7 Å². The minimum absolute atomic E-state index is 0.103. The maximum Gasteiger partial charge on any atom is 0.472 e. The first-order chi connectivity index (χ1) is 46.9. The molecule has 19 heteroatoms. The van der Waals surface area contributed by atoms with Gasteiger partial charge in [0.15, 0.2) is 12.2 Å². The molecule has 0 rings (SSSR count). The highest BCUT2D eigenvalue weighted by Crippen LogP contribution is 2.45. The summed E-state index contributed by atoms with van der Waals surface area (Å²) in [5.74, 6) is -0.562. The van der Waals surface area contributed by atoms with Crippen LogP contribution in [0.1, 0.15) is 408 Å². The Morgan fingerprint density at radius 3 is 0.784 bits per heavy atom. The normalized spacial score (nSPS) is 14.2. The van der Waals surface area contributed by atoms with Crippen LogP contribution in [0.3, 0.4) is 0 Å². The molecular weight excluding hydrogens is 1270 g/mol. The molecule has 0 spiro atoms. The minimum atomic E-state index is -4.96. The molecule has 0 amide bonds. The maximum atomic E-state index is 13.1. The van der Waals surface area contributed by atoms with Crippen molar-refractivity contribution in [3.8, 4) is 0 Å². The fourth-order valence-electron chi connectivity index (χ4n) is 12.0. The van der Waals surface area contributed by atoms with Crippen LogP contribution in [0.5, 0.6) is 0 Å². The Bertz CT molecular complexity index is 1870. The quantitative estimate of drug-likeness (QED) is 0.0222. The fraction of sp³-hybridized carbons (Fsp3) is 0.949. The van der Waals surface area contributed by atoms with Crippen molar-refractivity contribution < 1.29 is 80.2 Å². The maximum absolute atomic E-state index is 13.1. The molecule has 0 fully saturated rings. The number of carbonyl (C=O) groups is 4. The van der Waals surface area contributed by atoms with Crippen molar-refractivity contribution >= 4 is 39.5 Å². The number of hydrogen-bond acceptors (Lipinski definition) is 15. The van der Waals surface area contributed by atoms with Crippen molar-refractivity contribution in [2.45, 2.75) is 426 Å². The summed E-state index contributed by atoms with van der Waals surface area (Å²) in [6, 6.07) is 0. The molecule has 0 saturated carbocycles. The lowest BCUT2D eigenvalue weighted by Crippen LogP contribution is -2.30. The molecule has 0 aliphatic carbocycles. The first-order valence-corrected chi connectivity index (χ1v) is 43.5. The third-order valence-electron chi connectivity index (χ3n) is 18.6. The molecule has 0 aromatic heterocycles. The molecule has 97 heavy (non-hydrogen) atoms. The van der Waals surface area contributed by atoms with Gasteiger partial charge < -0.3 is 33.8 Å². The number of phosphoric ester groups is 2. The predicted molar refractivity (Wildman–Crippen MR) is 395 cm³/mol. The largest absolute Gasteiger partial charge is 0.472 e. The average molecular weight is 1420 g/mol. The van der Waals surface area contributed by atoms with Crippen LogP contribution in [0.25, 0.3) is 0 Å². The van der Waals surface area contributed by atoms with Crippen molar-refractivity contribution in [1.82, 2.24) is 0 Å². The summed E-state index contributed by atoms with van der Waals surface area (Å²) in [4.78, 5) is 72.5. The van der Waals surface area contributed by atoms with Gasteiger partial charge in [-0.2, -0.15) is 0 Å². The Labute approximate surface area is 594 Å². The molecular formula is C78H152O17P2. The van der Waals surface area contributed by atoms with Gasteiger partial charge in [-0.15, -0.1) is 0 Å². The molecule has 0 aliphatic heterocycles. The highest BCUT2D eigenvalue weighted by molar-refractivity contribution is 7.47. The van der Waals surface area contributed by atoms with Gasteiger partial charge in [-0.25, -0.2) is 9.13 Å². The van der Waals surface area contributed by atoms with Gasteiger partial charge in [-0.1, -0.05) is 356 Å². The summed E-state index contributed by atoms with van der Waals surface area (Å²) in [6.45, 7) is 9.51. The highest BCUT2D eigenvalue weighted by atomic mass is 31.2. The van der Waals surface area contributed by atoms with Gasteiger partial charge in [-0.05, 0) is 37.5 Å². The third kappa shape index (κ3) is 70.9. The van der Waals surface area contributed by atoms with Crippen molar-refractivity contribution in [2.24, 2.45) is 11.8 Å². The van der Waals surface area contributed by atoms with Gasteiger partial charge >= 0.3 is 39.5 Å². The summed E-state index contributed by atoms with van der Waals surface area (Å²) < 4.78 is 68.3. The molecule has 0 saturated heterocycles. The lowest BCUT2D eigenvalue weighted by Gasteiger charge is -2.21. The zero-order valence-corrected chi connectivity index (χ0v) is 65.2. The molecule has 0 aromatic rings. The standard InChI is InChI=1S/C78H152O17P2/c1-7-10-12-14-15-16-17-18-19-20-21-22-26-29-32-35-38-43-49-55-61-76(81)89-67-74(95-77(82)62-56-50-44-39-36-33-30-27-24-23-25-28-31-34-37-42-48-53-59-71(6)9-3)69-93-97(86,87)91-65-72(79)64-90-96(84,85)92-68-73(66-88-75(80)60-54-46-13-11-8-2)94-78(83)63-57-51-45-40-41-47-52-58-70(4)5/h70-74,79H,7-69H2,1-6H3,(H,84,85)(H,86,87)/t71?,72-,73+,74+/m0/s1. The monoisotopic (exact) mass is 1420 g/mol. The van der Waals surface area contributed by atoms with E-state index in [0.29, 0.717) is 31.6 Å². The molecule has 3 unspecified atom stereocenters. The fourth-order valence-corrected chi connectivity index (χ4v) is 13.6. The van der Waals surface area contributed by atoms with Crippen LogP contribution < -0.4 is 0 Å². The second-order valence-electron chi connectivity index (χ2n) is 28.8. The average Bonchev–Trinajstić information content (AvgIpc) is 1.41. The van der Waals surface area contributed by atoms with Crippen LogP contribution in [0.15, 0.2) is 0 Å². The molecule has 0 aliphatic rings. The summed E-state index contributed by atoms with van der Waals surface area (Å²) >= 11 is 0. The van der Waals surface area contributed by atoms with E-state index in [1.54, 1.807) is 0 Å². The van der Waals surface area contributed by atoms with E-state index < -0.39 is 97.5 Å². The number of carbonyl (C=O) groups excluding carboxylic acids is 4. The van der Waals surface area contributed by atoms with Crippen molar-refractivity contribution in [3.05, 3.63) is 0 Å². The molecule has 0 bridgehead atoms. The van der Waals surface area contributed by atoms with E-state index in [1.807, 2.05) is 0 Å². The molecule has 0 radical (unpaired) electrons. The Morgan fingerprint density at radius 2 is 0.526 bits per heavy atom. The Kier molecular flexibility index (Phi) is 68.4. The van der Waals surface area contributed by atoms with Crippen LogP contribution in [0, 0.1) is 11.8 Å². The molecule has 0 heterocycles. The van der Waals surface area contributed by atoms with Crippen LogP contribution >= 0.6 is 15.6 Å². The zero-order valence-electron chi connectivity index (χ0n) is 63.4. The van der Waals surface area contributed by atoms with E-state index in [-0.39, 0.29) is 25.7 Å². The number of esters is 4. The van der Waals surface area contributed by atoms with Crippen molar-refractivity contribution in [1.29, 1.82) is 0 Å². The summed E-state index contributed by atoms with van der Waals surface area (Å²) in [7, 11) is -9.90. The van der Waals surface area contributed by atoms with Gasteiger partial charge in [0.25, 0.3) is 0 Å². The number of ether oxygens (including phenoxy) is 4. The zero-order chi connectivity index (χ0) is 71.4. The molecule has 3 N–H and O–H groups in total. The molecule has 0 aromatic carbocycles. The van der Waals surface area contributed by atoms with Gasteiger partial charge in [-0.3, -0.25) is 37.3 Å². The summed E-state index contributed by atoms with van der Waals surface area (Å²) in [5.41, 5.74) is 0. The Hall–Kier alpha value is -1.94. The van der Waals surface area contributed by atoms with E-state index in [1.165, 1.54) is 218 Å². The lowest BCUT2D eigenvalue weighted by atomic mass is 9.99. The van der Waals surface area contributed by atoms with E-state index in [4.69, 9.17) is 37.0 Å². The van der Waals surface area contributed by atoms with E-state index >= 15 is 0 Å². The molecule has 6 atom stereocenters. The lowest BCUT2D eigenvalue weighted by molar-refractivity contribution is -0.161. The SMILES string of the molecule is CCCCCCCCCCCCCCCCCCCCCCC(=O)OC[C@H](COP(=O)(O)OC[C@@H](O)COP(=O)(O)OC[C@@H](COC(=O)CCCCCCC)OC(=O)CCCCCCCCCC(C)C)OC(=O)CCCCCCCCCCCCCCCCCCCCC(C)CC. The Balaban J connectivity index is 5.09. The topological polar surface area (TPSA) is 237 Å². The van der Waals surface area contributed by atoms with Gasteiger partial charge in [0.2, 0.25) is 0 Å². The third-order valence-corrected chi connectivity index (χ3v) is 20.5. The minimum Gasteiger partial charge on any atom is -0.462 e. The number of hydrogen-bond donors (Lipinski definition) is 3. The second-order valence-corrected chi connectivity index (χ2v) is 31.7. The van der Waals surface area contributed by atoms with Crippen molar-refractivity contribution in [2.75, 3.05) is 39.6 Å². The van der Waals surface area contributed by atoms with E-state index in [0.717, 1.165) is 102 Å². The highest BCUT2D eigenvalue weighted by Gasteiger charge is 2.30. The van der Waals surface area contributed by atoms with Crippen LogP contribution in [-0.2, 0) is 65.4 Å². The Morgan fingerprint density at radius 1 is 0.299 bits per heavy atom. The van der Waals surface area contributed by atoms with Gasteiger partial charge in [0, 0.05) is 25.7 Å². The van der Waals surface area contributed by atoms with E-state index in [2.05, 4.69) is 41.5 Å². The van der Waals surface area contributed by atoms with Crippen LogP contribution in [0.4, 0.5) is 0 Å². The van der Waals surface area contributed by atoms with Gasteiger partial charge in [0.05, 0.1) is 26.4 Å². The number of aliphatic hydroxyl groups is 1. The molecule has 576 valence electrons. The number of phosphoric acid groups is 2. The number of aliphatic hydroxyl groups excluding tert-OH is 1. The van der Waals surface area contributed by atoms with Crippen LogP contribution in [0.2, 0.25) is 0 Å². The second kappa shape index (κ2) is 69.8. The van der Waals surface area contributed by atoms with Gasteiger partial charge in [0.1, 0.15) is 19.3 Å². The van der Waals surface area contributed by atoms with E-state index in [9.17, 15) is 43.2 Å². The number of unbranched alkanes of at least 4 members (excludes halogenated alkanes) is 46.